The molecule has 0 aromatic heterocycles. The molecule has 0 amide bonds. The van der Waals surface area contributed by atoms with Crippen molar-refractivity contribution in [2.75, 3.05) is 6.61 Å². The van der Waals surface area contributed by atoms with Crippen LogP contribution in [0.25, 0.3) is 0 Å². The minimum atomic E-state index is -3.80. The molecule has 0 saturated carbocycles. The molecule has 27 heavy (non-hydrogen) atoms. The van der Waals surface area contributed by atoms with Crippen molar-refractivity contribution in [3.05, 3.63) is 65.2 Å². The number of ketones is 1. The average Bonchev–Trinajstić information content (AvgIpc) is 2.65. The van der Waals surface area contributed by atoms with Gasteiger partial charge in [-0.2, -0.15) is 13.2 Å². The molecule has 2 aromatic rings. The van der Waals surface area contributed by atoms with Gasteiger partial charge in [-0.15, -0.1) is 5.10 Å². The predicted molar refractivity (Wildman–Crippen MR) is 105 cm³/mol. The van der Waals surface area contributed by atoms with E-state index in [4.69, 9.17) is 4.74 Å². The van der Waals surface area contributed by atoms with Gasteiger partial charge in [0.05, 0.1) is 11.5 Å². The molecule has 6 nitrogen and oxygen atoms in total. The largest absolute Gasteiger partial charge is 0.476 e. The van der Waals surface area contributed by atoms with Gasteiger partial charge in [-0.25, -0.2) is 0 Å². The van der Waals surface area contributed by atoms with Crippen LogP contribution in [0, 0.1) is 6.92 Å². The number of Topliss-reactive ketones (excluding diaryl/α,β-unsaturated/α-hetero) is 1. The van der Waals surface area contributed by atoms with Crippen molar-refractivity contribution in [1.82, 2.24) is 4.83 Å². The van der Waals surface area contributed by atoms with Gasteiger partial charge in [0.2, 0.25) is 5.90 Å². The number of carbonyl (C=O) groups excluding carboxylic acids is 1. The molecule has 0 saturated heterocycles. The summed E-state index contributed by atoms with van der Waals surface area (Å²) in [5, 5.41) is 3.98. The lowest BCUT2D eigenvalue weighted by molar-refractivity contribution is 0.101. The minimum absolute atomic E-state index is 0.0491. The van der Waals surface area contributed by atoms with E-state index in [1.165, 1.54) is 19.1 Å². The van der Waals surface area contributed by atoms with Crippen molar-refractivity contribution in [1.29, 1.82) is 0 Å². The lowest BCUT2D eigenvalue weighted by atomic mass is 10.1. The first-order chi connectivity index (χ1) is 12.8. The second-order valence-corrected chi connectivity index (χ2v) is 7.82. The first kappa shape index (κ1) is 20.6. The highest BCUT2D eigenvalue weighted by atomic mass is 32.2. The van der Waals surface area contributed by atoms with E-state index in [-0.39, 0.29) is 16.6 Å². The number of unbranched alkanes of at least 4 members (excludes halogenated alkanes) is 1. The van der Waals surface area contributed by atoms with Crippen LogP contribution in [-0.4, -0.2) is 26.7 Å². The molecule has 0 aliphatic heterocycles. The van der Waals surface area contributed by atoms with E-state index in [2.05, 4.69) is 9.93 Å². The zero-order chi connectivity index (χ0) is 19.9. The number of nitrogens with one attached hydrogen (secondary N) is 1. The Bertz CT molecular complexity index is 902. The Morgan fingerprint density at radius 1 is 1.04 bits per heavy atom. The van der Waals surface area contributed by atoms with Gasteiger partial charge in [0.15, 0.2) is 5.78 Å². The van der Waals surface area contributed by atoms with Crippen molar-refractivity contribution in [2.24, 2.45) is 5.10 Å². The molecule has 7 heteroatoms. The second kappa shape index (κ2) is 9.32. The van der Waals surface area contributed by atoms with Crippen LogP contribution in [0.5, 0.6) is 0 Å². The summed E-state index contributed by atoms with van der Waals surface area (Å²) in [4.78, 5) is 13.8. The summed E-state index contributed by atoms with van der Waals surface area (Å²) in [6.45, 7) is 5.81. The fourth-order valence-corrected chi connectivity index (χ4v) is 3.02. The Labute approximate surface area is 160 Å². The summed E-state index contributed by atoms with van der Waals surface area (Å²) in [6, 6.07) is 13.2. The highest BCUT2D eigenvalue weighted by Crippen LogP contribution is 2.11. The molecular weight excluding hydrogens is 364 g/mol. The van der Waals surface area contributed by atoms with Crippen LogP contribution in [0.4, 0.5) is 0 Å². The quantitative estimate of drug-likeness (QED) is 0.246. The molecule has 0 bridgehead atoms. The maximum atomic E-state index is 12.4. The molecule has 0 unspecified atom stereocenters. The number of carbonyl (C=O) groups is 1. The summed E-state index contributed by atoms with van der Waals surface area (Å²) in [6.07, 6.45) is 1.75. The third kappa shape index (κ3) is 5.92. The number of ether oxygens (including phenoxy) is 1. The number of hydrogen-bond donors (Lipinski definition) is 1. The number of sulfonamides is 1. The first-order valence-corrected chi connectivity index (χ1v) is 10.2. The van der Waals surface area contributed by atoms with Crippen LogP contribution >= 0.6 is 0 Å². The second-order valence-electron chi connectivity index (χ2n) is 6.16. The number of nitrogens with zero attached hydrogens (tertiary/aromatic N) is 1. The number of hydrazone groups is 1. The summed E-state index contributed by atoms with van der Waals surface area (Å²) in [7, 11) is -3.80. The lowest BCUT2D eigenvalue weighted by Crippen LogP contribution is -2.22. The SMILES string of the molecule is CCCCOC(=NNS(=O)(=O)c1ccc(C)cc1)c1ccc(C(C)=O)cc1. The first-order valence-electron chi connectivity index (χ1n) is 8.74. The third-order valence-corrected chi connectivity index (χ3v) is 5.10. The van der Waals surface area contributed by atoms with Crippen LogP contribution < -0.4 is 4.83 Å². The zero-order valence-electron chi connectivity index (χ0n) is 15.7. The Balaban J connectivity index is 2.26. The lowest BCUT2D eigenvalue weighted by Gasteiger charge is -2.11. The molecular formula is C20H24N2O4S. The topological polar surface area (TPSA) is 84.8 Å². The van der Waals surface area contributed by atoms with Crippen molar-refractivity contribution in [3.63, 3.8) is 0 Å². The van der Waals surface area contributed by atoms with Crippen LogP contribution in [0.3, 0.4) is 0 Å². The van der Waals surface area contributed by atoms with Crippen LogP contribution in [-0.2, 0) is 14.8 Å². The molecule has 1 N–H and O–H groups in total. The van der Waals surface area contributed by atoms with E-state index < -0.39 is 10.0 Å². The molecule has 2 aromatic carbocycles. The van der Waals surface area contributed by atoms with Gasteiger partial charge in [-0.3, -0.25) is 4.79 Å². The van der Waals surface area contributed by atoms with Gasteiger partial charge >= 0.3 is 0 Å². The van der Waals surface area contributed by atoms with Gasteiger partial charge in [-0.1, -0.05) is 43.2 Å². The van der Waals surface area contributed by atoms with Crippen LogP contribution in [0.1, 0.15) is 48.2 Å². The van der Waals surface area contributed by atoms with E-state index in [9.17, 15) is 13.2 Å². The van der Waals surface area contributed by atoms with E-state index in [0.717, 1.165) is 18.4 Å². The molecule has 0 radical (unpaired) electrons. The van der Waals surface area contributed by atoms with Crippen molar-refractivity contribution in [2.45, 2.75) is 38.5 Å². The van der Waals surface area contributed by atoms with Gasteiger partial charge in [0, 0.05) is 11.1 Å². The summed E-state index contributed by atoms with van der Waals surface area (Å²) < 4.78 is 30.5. The number of rotatable bonds is 8. The molecule has 0 atom stereocenters. The molecule has 144 valence electrons. The molecule has 0 fully saturated rings. The Hall–Kier alpha value is -2.67. The maximum Gasteiger partial charge on any atom is 0.276 e. The van der Waals surface area contributed by atoms with Crippen molar-refractivity contribution >= 4 is 21.7 Å². The van der Waals surface area contributed by atoms with Crippen LogP contribution in [0.2, 0.25) is 0 Å². The number of benzene rings is 2. The normalized spacial score (nSPS) is 11.9. The maximum absolute atomic E-state index is 12.4. The average molecular weight is 388 g/mol. The molecule has 0 heterocycles. The van der Waals surface area contributed by atoms with Gasteiger partial charge in [-0.05, 0) is 44.5 Å². The molecule has 2 rings (SSSR count). The molecule has 0 aliphatic carbocycles. The minimum Gasteiger partial charge on any atom is -0.476 e. The summed E-state index contributed by atoms with van der Waals surface area (Å²) >= 11 is 0. The smallest absolute Gasteiger partial charge is 0.276 e. The van der Waals surface area contributed by atoms with E-state index in [1.54, 1.807) is 36.4 Å². The fraction of sp³-hybridized carbons (Fsp3) is 0.300. The Kier molecular flexibility index (Phi) is 7.12. The highest BCUT2D eigenvalue weighted by Gasteiger charge is 2.14. The fourth-order valence-electron chi connectivity index (χ4n) is 2.21. The monoisotopic (exact) mass is 388 g/mol. The Morgan fingerprint density at radius 2 is 1.63 bits per heavy atom. The summed E-state index contributed by atoms with van der Waals surface area (Å²) in [5.41, 5.74) is 2.11. The van der Waals surface area contributed by atoms with Crippen molar-refractivity contribution < 1.29 is 17.9 Å². The highest BCUT2D eigenvalue weighted by molar-refractivity contribution is 7.89. The zero-order valence-corrected chi connectivity index (χ0v) is 16.5. The van der Waals surface area contributed by atoms with Crippen molar-refractivity contribution in [3.8, 4) is 0 Å². The van der Waals surface area contributed by atoms with E-state index >= 15 is 0 Å². The Morgan fingerprint density at radius 3 is 2.19 bits per heavy atom. The molecule has 0 aliphatic rings. The van der Waals surface area contributed by atoms with Gasteiger partial charge in [0.25, 0.3) is 10.0 Å². The molecule has 0 spiro atoms. The summed E-state index contributed by atoms with van der Waals surface area (Å²) in [5.74, 6) is 0.112. The van der Waals surface area contributed by atoms with Gasteiger partial charge < -0.3 is 4.74 Å². The van der Waals surface area contributed by atoms with Crippen LogP contribution in [0.15, 0.2) is 58.5 Å². The predicted octanol–water partition coefficient (Wildman–Crippen LogP) is 3.65. The standard InChI is InChI=1S/C20H24N2O4S/c1-4-5-14-26-20(18-10-8-17(9-11-18)16(3)23)21-22-27(24,25)19-12-6-15(2)7-13-19/h6-13,22H,4-5,14H2,1-3H3. The van der Waals surface area contributed by atoms with E-state index in [1.807, 2.05) is 13.8 Å². The van der Waals surface area contributed by atoms with E-state index in [0.29, 0.717) is 17.7 Å². The third-order valence-electron chi connectivity index (χ3n) is 3.87. The number of aryl methyl sites for hydroxylation is 1. The van der Waals surface area contributed by atoms with Gasteiger partial charge in [0.1, 0.15) is 0 Å². The number of hydrogen-bond acceptors (Lipinski definition) is 5.